The summed E-state index contributed by atoms with van der Waals surface area (Å²) in [6.07, 6.45) is 2.69. The van der Waals surface area contributed by atoms with Gasteiger partial charge in [-0.1, -0.05) is 0 Å². The molecule has 0 aliphatic heterocycles. The lowest BCUT2D eigenvalue weighted by molar-refractivity contribution is 0.415. The van der Waals surface area contributed by atoms with E-state index in [-0.39, 0.29) is 5.95 Å². The van der Waals surface area contributed by atoms with Gasteiger partial charge in [0.1, 0.15) is 5.75 Å². The zero-order valence-electron chi connectivity index (χ0n) is 8.27. The predicted molar refractivity (Wildman–Crippen MR) is 57.3 cm³/mol. The molecular formula is C11H10N3O. The van der Waals surface area contributed by atoms with Crippen LogP contribution >= 0.6 is 0 Å². The molecule has 1 radical (unpaired) electrons. The van der Waals surface area contributed by atoms with Crippen molar-refractivity contribution >= 4 is 5.95 Å². The van der Waals surface area contributed by atoms with E-state index in [2.05, 4.69) is 16.2 Å². The minimum Gasteiger partial charge on any atom is -0.497 e. The number of nitrogens with zero attached hydrogens (tertiary/aromatic N) is 2. The fourth-order valence-electron chi connectivity index (χ4n) is 1.25. The van der Waals surface area contributed by atoms with Crippen LogP contribution in [0, 0.1) is 6.20 Å². The smallest absolute Gasteiger partial charge is 0.221 e. The van der Waals surface area contributed by atoms with Crippen LogP contribution in [-0.4, -0.2) is 17.1 Å². The van der Waals surface area contributed by atoms with E-state index in [1.807, 2.05) is 24.3 Å². The Hall–Kier alpha value is -2.10. The second-order valence-corrected chi connectivity index (χ2v) is 2.97. The second kappa shape index (κ2) is 3.96. The summed E-state index contributed by atoms with van der Waals surface area (Å²) in [6.45, 7) is 0. The van der Waals surface area contributed by atoms with Gasteiger partial charge in [0.15, 0.2) is 0 Å². The summed E-state index contributed by atoms with van der Waals surface area (Å²) in [6, 6.07) is 9.25. The van der Waals surface area contributed by atoms with Crippen LogP contribution < -0.4 is 10.5 Å². The fourth-order valence-corrected chi connectivity index (χ4v) is 1.25. The number of anilines is 1. The molecule has 0 bridgehead atoms. The molecule has 0 aliphatic carbocycles. The quantitative estimate of drug-likeness (QED) is 0.798. The molecule has 0 fully saturated rings. The van der Waals surface area contributed by atoms with Crippen molar-refractivity contribution in [3.63, 3.8) is 0 Å². The average Bonchev–Trinajstić information content (AvgIpc) is 2.29. The van der Waals surface area contributed by atoms with Gasteiger partial charge in [-0.3, -0.25) is 0 Å². The summed E-state index contributed by atoms with van der Waals surface area (Å²) in [5.74, 6) is 1.04. The van der Waals surface area contributed by atoms with Crippen molar-refractivity contribution in [1.29, 1.82) is 0 Å². The first-order valence-corrected chi connectivity index (χ1v) is 4.44. The molecule has 4 heteroatoms. The molecule has 2 aromatic rings. The number of rotatable bonds is 2. The van der Waals surface area contributed by atoms with Crippen LogP contribution in [0.5, 0.6) is 5.75 Å². The molecule has 1 heterocycles. The zero-order valence-corrected chi connectivity index (χ0v) is 8.27. The molecule has 2 N–H and O–H groups in total. The van der Waals surface area contributed by atoms with Gasteiger partial charge >= 0.3 is 0 Å². The van der Waals surface area contributed by atoms with Gasteiger partial charge in [-0.25, -0.2) is 9.97 Å². The van der Waals surface area contributed by atoms with Crippen LogP contribution in [0.15, 0.2) is 30.3 Å². The lowest BCUT2D eigenvalue weighted by Gasteiger charge is -2.02. The maximum atomic E-state index is 5.47. The number of hydrogen-bond acceptors (Lipinski definition) is 4. The van der Waals surface area contributed by atoms with Gasteiger partial charge in [0, 0.05) is 5.56 Å². The summed E-state index contributed by atoms with van der Waals surface area (Å²) in [7, 11) is 1.63. The third-order valence-corrected chi connectivity index (χ3v) is 2.00. The molecule has 1 aromatic heterocycles. The number of benzene rings is 1. The van der Waals surface area contributed by atoms with E-state index in [4.69, 9.17) is 10.5 Å². The van der Waals surface area contributed by atoms with Crippen LogP contribution in [0.3, 0.4) is 0 Å². The van der Waals surface area contributed by atoms with Gasteiger partial charge < -0.3 is 10.5 Å². The van der Waals surface area contributed by atoms with E-state index in [0.29, 0.717) is 0 Å². The summed E-state index contributed by atoms with van der Waals surface area (Å²) >= 11 is 0. The van der Waals surface area contributed by atoms with E-state index in [1.165, 1.54) is 0 Å². The third-order valence-electron chi connectivity index (χ3n) is 2.00. The molecule has 0 unspecified atom stereocenters. The normalized spacial score (nSPS) is 9.93. The maximum Gasteiger partial charge on any atom is 0.221 e. The Morgan fingerprint density at radius 3 is 2.60 bits per heavy atom. The van der Waals surface area contributed by atoms with Crippen LogP contribution in [-0.2, 0) is 0 Å². The molecule has 0 saturated heterocycles. The molecule has 4 nitrogen and oxygen atoms in total. The van der Waals surface area contributed by atoms with Crippen molar-refractivity contribution in [2.75, 3.05) is 12.8 Å². The summed E-state index contributed by atoms with van der Waals surface area (Å²) in [4.78, 5) is 7.81. The van der Waals surface area contributed by atoms with Crippen LogP contribution in [0.2, 0.25) is 0 Å². The number of hydrogen-bond donors (Lipinski definition) is 1. The molecular weight excluding hydrogens is 190 g/mol. The molecule has 0 amide bonds. The molecule has 0 spiro atoms. The first-order valence-electron chi connectivity index (χ1n) is 4.44. The highest BCUT2D eigenvalue weighted by atomic mass is 16.5. The summed E-state index contributed by atoms with van der Waals surface area (Å²) in [5, 5.41) is 0. The monoisotopic (exact) mass is 200 g/mol. The van der Waals surface area contributed by atoms with Crippen LogP contribution in [0.1, 0.15) is 0 Å². The van der Waals surface area contributed by atoms with Crippen molar-refractivity contribution in [2.45, 2.75) is 0 Å². The van der Waals surface area contributed by atoms with E-state index in [9.17, 15) is 0 Å². The van der Waals surface area contributed by atoms with Crippen molar-refractivity contribution in [2.24, 2.45) is 0 Å². The lowest BCUT2D eigenvalue weighted by atomic mass is 10.1. The number of nitrogens with two attached hydrogens (primary N) is 1. The molecule has 15 heavy (non-hydrogen) atoms. The van der Waals surface area contributed by atoms with Crippen molar-refractivity contribution in [3.8, 4) is 17.0 Å². The van der Waals surface area contributed by atoms with Crippen molar-refractivity contribution < 1.29 is 4.74 Å². The highest BCUT2D eigenvalue weighted by molar-refractivity contribution is 5.60. The largest absolute Gasteiger partial charge is 0.497 e. The van der Waals surface area contributed by atoms with Gasteiger partial charge in [-0.05, 0) is 30.3 Å². The minimum absolute atomic E-state index is 0.225. The average molecular weight is 200 g/mol. The van der Waals surface area contributed by atoms with Gasteiger partial charge in [-0.15, -0.1) is 0 Å². The molecule has 0 saturated carbocycles. The highest BCUT2D eigenvalue weighted by Gasteiger charge is 2.00. The van der Waals surface area contributed by atoms with Crippen LogP contribution in [0.25, 0.3) is 11.3 Å². The van der Waals surface area contributed by atoms with Crippen molar-refractivity contribution in [1.82, 2.24) is 9.97 Å². The summed E-state index contributed by atoms with van der Waals surface area (Å²) in [5.41, 5.74) is 7.19. The standard InChI is InChI=1S/C11H10N3O/c1-15-9-4-2-8(3-5-9)10-6-7-13-11(12)14-10/h2-6H,1H3,(H2,12,13,14). The van der Waals surface area contributed by atoms with E-state index < -0.39 is 0 Å². The van der Waals surface area contributed by atoms with Crippen LogP contribution in [0.4, 0.5) is 5.95 Å². The topological polar surface area (TPSA) is 61.0 Å². The van der Waals surface area contributed by atoms with E-state index in [0.717, 1.165) is 17.0 Å². The van der Waals surface area contributed by atoms with Gasteiger partial charge in [0.25, 0.3) is 0 Å². The maximum absolute atomic E-state index is 5.47. The molecule has 0 aliphatic rings. The fraction of sp³-hybridized carbons (Fsp3) is 0.0909. The Morgan fingerprint density at radius 2 is 2.00 bits per heavy atom. The predicted octanol–water partition coefficient (Wildman–Crippen LogP) is 1.53. The van der Waals surface area contributed by atoms with E-state index >= 15 is 0 Å². The first-order chi connectivity index (χ1) is 7.29. The third kappa shape index (κ3) is 2.04. The lowest BCUT2D eigenvalue weighted by Crippen LogP contribution is -1.95. The molecule has 2 rings (SSSR count). The van der Waals surface area contributed by atoms with E-state index in [1.54, 1.807) is 13.2 Å². The zero-order chi connectivity index (χ0) is 10.7. The van der Waals surface area contributed by atoms with Gasteiger partial charge in [0.2, 0.25) is 5.95 Å². The second-order valence-electron chi connectivity index (χ2n) is 2.97. The first kappa shape index (κ1) is 9.45. The molecule has 0 atom stereocenters. The summed E-state index contributed by atoms with van der Waals surface area (Å²) < 4.78 is 5.06. The number of methoxy groups -OCH3 is 1. The minimum atomic E-state index is 0.225. The Morgan fingerprint density at radius 1 is 1.27 bits per heavy atom. The number of aromatic nitrogens is 2. The van der Waals surface area contributed by atoms with Gasteiger partial charge in [0.05, 0.1) is 19.0 Å². The molecule has 75 valence electrons. The van der Waals surface area contributed by atoms with Crippen molar-refractivity contribution in [3.05, 3.63) is 36.5 Å². The highest BCUT2D eigenvalue weighted by Crippen LogP contribution is 2.20. The molecule has 1 aromatic carbocycles. The Bertz CT molecular complexity index is 454. The SMILES string of the molecule is COc1ccc(-c2c[c]nc(N)n2)cc1. The Labute approximate surface area is 87.7 Å². The number of nitrogen functional groups attached to an aromatic ring is 1. The Balaban J connectivity index is 2.37. The number of ether oxygens (including phenoxy) is 1. The Kier molecular flexibility index (Phi) is 2.49. The van der Waals surface area contributed by atoms with Gasteiger partial charge in [-0.2, -0.15) is 0 Å².